The summed E-state index contributed by atoms with van der Waals surface area (Å²) in [6, 6.07) is 5.37. The van der Waals surface area contributed by atoms with Crippen molar-refractivity contribution in [2.75, 3.05) is 5.32 Å². The van der Waals surface area contributed by atoms with Crippen LogP contribution in [0.2, 0.25) is 0 Å². The molecular formula is C21H27N3O4S. The minimum absolute atomic E-state index is 0.0169. The van der Waals surface area contributed by atoms with E-state index in [-0.39, 0.29) is 10.8 Å². The molecule has 7 nitrogen and oxygen atoms in total. The van der Waals surface area contributed by atoms with Crippen LogP contribution in [0.25, 0.3) is 0 Å². The third-order valence-corrected chi connectivity index (χ3v) is 7.60. The maximum atomic E-state index is 13.0. The molecule has 29 heavy (non-hydrogen) atoms. The number of nitrogens with zero attached hydrogens (tertiary/aromatic N) is 2. The van der Waals surface area contributed by atoms with E-state index in [1.807, 2.05) is 13.0 Å². The molecule has 0 saturated heterocycles. The van der Waals surface area contributed by atoms with Gasteiger partial charge >= 0.3 is 0 Å². The number of sulfone groups is 1. The van der Waals surface area contributed by atoms with Gasteiger partial charge in [-0.2, -0.15) is 0 Å². The number of aromatic nitrogens is 2. The summed E-state index contributed by atoms with van der Waals surface area (Å²) in [5.74, 6) is 0.476. The Hall–Kier alpha value is -2.48. The minimum atomic E-state index is -3.56. The van der Waals surface area contributed by atoms with E-state index in [1.165, 1.54) is 16.8 Å². The number of hydrogen-bond acceptors (Lipinski definition) is 5. The summed E-state index contributed by atoms with van der Waals surface area (Å²) in [5, 5.41) is 2.16. The Morgan fingerprint density at radius 2 is 2.00 bits per heavy atom. The van der Waals surface area contributed by atoms with Crippen LogP contribution in [0.4, 0.5) is 5.82 Å². The summed E-state index contributed by atoms with van der Waals surface area (Å²) >= 11 is 0. The maximum Gasteiger partial charge on any atom is 0.252 e. The SMILES string of the molecule is Cc1ccc(NC(=O)[C@H](CC2CCC2)n2ccc(S(=O)(=O)C(C)C)cc2=O)nc1. The predicted molar refractivity (Wildman–Crippen MR) is 112 cm³/mol. The van der Waals surface area contributed by atoms with Crippen molar-refractivity contribution in [3.05, 3.63) is 52.6 Å². The topological polar surface area (TPSA) is 98.1 Å². The fourth-order valence-corrected chi connectivity index (χ4v) is 4.38. The second-order valence-corrected chi connectivity index (χ2v) is 10.5. The summed E-state index contributed by atoms with van der Waals surface area (Å²) in [6.07, 6.45) is 6.80. The highest BCUT2D eigenvalue weighted by Gasteiger charge is 2.29. The number of hydrogen-bond donors (Lipinski definition) is 1. The zero-order valence-electron chi connectivity index (χ0n) is 17.0. The molecule has 0 aromatic carbocycles. The monoisotopic (exact) mass is 417 g/mol. The Balaban J connectivity index is 1.91. The van der Waals surface area contributed by atoms with Gasteiger partial charge in [0, 0.05) is 18.5 Å². The van der Waals surface area contributed by atoms with Crippen LogP contribution < -0.4 is 10.9 Å². The lowest BCUT2D eigenvalue weighted by Crippen LogP contribution is -2.35. The van der Waals surface area contributed by atoms with Crippen molar-refractivity contribution in [3.8, 4) is 0 Å². The summed E-state index contributed by atoms with van der Waals surface area (Å²) in [5.41, 5.74) is 0.482. The van der Waals surface area contributed by atoms with Crippen molar-refractivity contribution in [2.45, 2.75) is 62.6 Å². The molecule has 1 amide bonds. The Labute approximate surface area is 171 Å². The highest BCUT2D eigenvalue weighted by Crippen LogP contribution is 2.34. The molecule has 156 valence electrons. The molecular weight excluding hydrogens is 390 g/mol. The van der Waals surface area contributed by atoms with E-state index in [1.54, 1.807) is 26.1 Å². The molecule has 2 aromatic heterocycles. The van der Waals surface area contributed by atoms with Crippen molar-refractivity contribution < 1.29 is 13.2 Å². The van der Waals surface area contributed by atoms with Gasteiger partial charge in [-0.1, -0.05) is 25.3 Å². The fraction of sp³-hybridized carbons (Fsp3) is 0.476. The first-order valence-electron chi connectivity index (χ1n) is 9.88. The van der Waals surface area contributed by atoms with Crippen LogP contribution in [-0.4, -0.2) is 29.1 Å². The standard InChI is InChI=1S/C21H27N3O4S/c1-14(2)29(27,28)17-9-10-24(20(25)12-17)18(11-16-5-4-6-16)21(26)23-19-8-7-15(3)13-22-19/h7-10,12-14,16,18H,4-6,11H2,1-3H3,(H,22,23,26)/t18-/m0/s1. The Morgan fingerprint density at radius 1 is 1.28 bits per heavy atom. The highest BCUT2D eigenvalue weighted by molar-refractivity contribution is 7.92. The summed E-state index contributed by atoms with van der Waals surface area (Å²) in [4.78, 5) is 29.9. The first-order chi connectivity index (χ1) is 13.7. The number of nitrogens with one attached hydrogen (secondary N) is 1. The minimum Gasteiger partial charge on any atom is -0.309 e. The number of pyridine rings is 2. The first kappa shape index (κ1) is 21.2. The smallest absolute Gasteiger partial charge is 0.252 e. The number of rotatable bonds is 7. The van der Waals surface area contributed by atoms with Crippen LogP contribution >= 0.6 is 0 Å². The van der Waals surface area contributed by atoms with Gasteiger partial charge in [0.15, 0.2) is 9.84 Å². The molecule has 1 aliphatic carbocycles. The molecule has 1 fully saturated rings. The molecule has 1 atom stereocenters. The summed E-state index contributed by atoms with van der Waals surface area (Å²) in [7, 11) is -3.56. The van der Waals surface area contributed by atoms with Gasteiger partial charge in [-0.25, -0.2) is 13.4 Å². The van der Waals surface area contributed by atoms with Crippen LogP contribution in [-0.2, 0) is 14.6 Å². The van der Waals surface area contributed by atoms with Gasteiger partial charge in [0.1, 0.15) is 11.9 Å². The van der Waals surface area contributed by atoms with E-state index in [4.69, 9.17) is 0 Å². The second kappa shape index (κ2) is 8.49. The third-order valence-electron chi connectivity index (χ3n) is 5.45. The quantitative estimate of drug-likeness (QED) is 0.746. The van der Waals surface area contributed by atoms with E-state index >= 15 is 0 Å². The average molecular weight is 418 g/mol. The van der Waals surface area contributed by atoms with Gasteiger partial charge in [-0.05, 0) is 50.8 Å². The molecule has 2 aromatic rings. The van der Waals surface area contributed by atoms with E-state index in [9.17, 15) is 18.0 Å². The third kappa shape index (κ3) is 4.75. The van der Waals surface area contributed by atoms with Crippen molar-refractivity contribution >= 4 is 21.6 Å². The molecule has 0 spiro atoms. The van der Waals surface area contributed by atoms with Crippen molar-refractivity contribution in [2.24, 2.45) is 5.92 Å². The van der Waals surface area contributed by atoms with Crippen molar-refractivity contribution in [3.63, 3.8) is 0 Å². The van der Waals surface area contributed by atoms with Crippen LogP contribution in [0.5, 0.6) is 0 Å². The zero-order valence-corrected chi connectivity index (χ0v) is 17.8. The number of anilines is 1. The maximum absolute atomic E-state index is 13.0. The predicted octanol–water partition coefficient (Wildman–Crippen LogP) is 3.10. The zero-order chi connectivity index (χ0) is 21.2. The summed E-state index contributed by atoms with van der Waals surface area (Å²) in [6.45, 7) is 5.05. The Bertz CT molecular complexity index is 1040. The van der Waals surface area contributed by atoms with E-state index in [0.717, 1.165) is 30.9 Å². The van der Waals surface area contributed by atoms with Gasteiger partial charge in [-0.3, -0.25) is 9.59 Å². The lowest BCUT2D eigenvalue weighted by molar-refractivity contribution is -0.120. The molecule has 0 aliphatic heterocycles. The number of aryl methyl sites for hydroxylation is 1. The Morgan fingerprint density at radius 3 is 2.52 bits per heavy atom. The molecule has 0 bridgehead atoms. The van der Waals surface area contributed by atoms with Crippen molar-refractivity contribution in [1.29, 1.82) is 0 Å². The van der Waals surface area contributed by atoms with Gasteiger partial charge in [0.2, 0.25) is 5.91 Å². The lowest BCUT2D eigenvalue weighted by Gasteiger charge is -2.30. The molecule has 1 N–H and O–H groups in total. The first-order valence-corrected chi connectivity index (χ1v) is 11.4. The van der Waals surface area contributed by atoms with Gasteiger partial charge in [-0.15, -0.1) is 0 Å². The highest BCUT2D eigenvalue weighted by atomic mass is 32.2. The average Bonchev–Trinajstić information content (AvgIpc) is 2.63. The van der Waals surface area contributed by atoms with E-state index in [2.05, 4.69) is 10.3 Å². The Kier molecular flexibility index (Phi) is 6.21. The molecule has 3 rings (SSSR count). The molecule has 0 radical (unpaired) electrons. The largest absolute Gasteiger partial charge is 0.309 e. The number of carbonyl (C=O) groups is 1. The fourth-order valence-electron chi connectivity index (χ4n) is 3.32. The van der Waals surface area contributed by atoms with Crippen LogP contribution in [0, 0.1) is 12.8 Å². The molecule has 1 saturated carbocycles. The normalized spacial score (nSPS) is 15.7. The second-order valence-electron chi connectivity index (χ2n) is 7.96. The molecule has 2 heterocycles. The summed E-state index contributed by atoms with van der Waals surface area (Å²) < 4.78 is 26.1. The van der Waals surface area contributed by atoms with E-state index < -0.39 is 26.7 Å². The van der Waals surface area contributed by atoms with Crippen LogP contribution in [0.1, 0.15) is 51.1 Å². The van der Waals surface area contributed by atoms with Gasteiger partial charge in [0.25, 0.3) is 5.56 Å². The molecule has 0 unspecified atom stereocenters. The molecule has 8 heteroatoms. The lowest BCUT2D eigenvalue weighted by atomic mass is 9.80. The number of amides is 1. The van der Waals surface area contributed by atoms with Crippen molar-refractivity contribution in [1.82, 2.24) is 9.55 Å². The van der Waals surface area contributed by atoms with Crippen LogP contribution in [0.15, 0.2) is 46.3 Å². The molecule has 1 aliphatic rings. The van der Waals surface area contributed by atoms with E-state index in [0.29, 0.717) is 18.2 Å². The van der Waals surface area contributed by atoms with Gasteiger partial charge in [0.05, 0.1) is 10.1 Å². The number of carbonyl (C=O) groups excluding carboxylic acids is 1. The van der Waals surface area contributed by atoms with Crippen LogP contribution in [0.3, 0.4) is 0 Å². The van der Waals surface area contributed by atoms with Gasteiger partial charge < -0.3 is 9.88 Å².